The van der Waals surface area contributed by atoms with Gasteiger partial charge in [-0.05, 0) is 47.6 Å². The molecular formula is C14H11BO3. The van der Waals surface area contributed by atoms with Crippen LogP contribution in [0.5, 0.6) is 0 Å². The molecule has 3 nitrogen and oxygen atoms in total. The second-order valence-electron chi connectivity index (χ2n) is 4.85. The molecule has 4 heteroatoms. The van der Waals surface area contributed by atoms with Crippen molar-refractivity contribution in [1.29, 1.82) is 0 Å². The van der Waals surface area contributed by atoms with E-state index in [0.717, 1.165) is 29.2 Å². The lowest BCUT2D eigenvalue weighted by Crippen LogP contribution is -2.29. The van der Waals surface area contributed by atoms with E-state index >= 15 is 0 Å². The van der Waals surface area contributed by atoms with Crippen LogP contribution >= 0.6 is 0 Å². The first kappa shape index (κ1) is 10.2. The molecule has 0 atom stereocenters. The summed E-state index contributed by atoms with van der Waals surface area (Å²) in [6, 6.07) is 9.60. The third-order valence-electron chi connectivity index (χ3n) is 3.78. The third kappa shape index (κ3) is 1.27. The quantitative estimate of drug-likeness (QED) is 0.629. The van der Waals surface area contributed by atoms with Gasteiger partial charge in [0.1, 0.15) is 11.2 Å². The molecule has 0 amide bonds. The van der Waals surface area contributed by atoms with Crippen molar-refractivity contribution < 1.29 is 14.5 Å². The van der Waals surface area contributed by atoms with Gasteiger partial charge in [0.05, 0.1) is 0 Å². The second kappa shape index (κ2) is 3.37. The summed E-state index contributed by atoms with van der Waals surface area (Å²) >= 11 is 0. The predicted octanol–water partition coefficient (Wildman–Crippen LogP) is 1.36. The molecule has 0 bridgehead atoms. The SMILES string of the molecule is OB(O)c1ccc2c(c1)oc1cc3c(cc12)CC3. The summed E-state index contributed by atoms with van der Waals surface area (Å²) in [7, 11) is -1.45. The average Bonchev–Trinajstić information content (AvgIpc) is 2.68. The fourth-order valence-corrected chi connectivity index (χ4v) is 2.64. The zero-order chi connectivity index (χ0) is 12.3. The molecular weight excluding hydrogens is 227 g/mol. The molecule has 1 heterocycles. The normalized spacial score (nSPS) is 13.7. The smallest absolute Gasteiger partial charge is 0.456 e. The molecule has 0 saturated heterocycles. The fraction of sp³-hybridized carbons (Fsp3) is 0.143. The number of hydrogen-bond acceptors (Lipinski definition) is 3. The maximum absolute atomic E-state index is 9.17. The third-order valence-corrected chi connectivity index (χ3v) is 3.78. The van der Waals surface area contributed by atoms with E-state index in [-0.39, 0.29) is 0 Å². The molecule has 18 heavy (non-hydrogen) atoms. The van der Waals surface area contributed by atoms with Gasteiger partial charge in [0.15, 0.2) is 0 Å². The molecule has 1 aromatic heterocycles. The van der Waals surface area contributed by atoms with E-state index < -0.39 is 7.12 Å². The van der Waals surface area contributed by atoms with Gasteiger partial charge in [0.25, 0.3) is 0 Å². The lowest BCUT2D eigenvalue weighted by atomic mass is 9.80. The van der Waals surface area contributed by atoms with Crippen LogP contribution in [0.2, 0.25) is 0 Å². The minimum atomic E-state index is -1.45. The molecule has 0 spiro atoms. The van der Waals surface area contributed by atoms with Crippen LogP contribution in [-0.2, 0) is 12.8 Å². The summed E-state index contributed by atoms with van der Waals surface area (Å²) in [5, 5.41) is 20.5. The molecule has 2 aromatic carbocycles. The molecule has 0 aliphatic heterocycles. The van der Waals surface area contributed by atoms with Crippen LogP contribution in [0.4, 0.5) is 0 Å². The highest BCUT2D eigenvalue weighted by Gasteiger charge is 2.18. The van der Waals surface area contributed by atoms with Crippen LogP contribution < -0.4 is 5.46 Å². The summed E-state index contributed by atoms with van der Waals surface area (Å²) in [4.78, 5) is 0. The van der Waals surface area contributed by atoms with Crippen LogP contribution in [0.1, 0.15) is 11.1 Å². The van der Waals surface area contributed by atoms with Crippen molar-refractivity contribution in [1.82, 2.24) is 0 Å². The van der Waals surface area contributed by atoms with E-state index in [4.69, 9.17) is 4.42 Å². The van der Waals surface area contributed by atoms with Gasteiger partial charge in [-0.3, -0.25) is 0 Å². The highest BCUT2D eigenvalue weighted by Crippen LogP contribution is 2.34. The van der Waals surface area contributed by atoms with E-state index in [1.54, 1.807) is 12.1 Å². The molecule has 88 valence electrons. The number of hydrogen-bond donors (Lipinski definition) is 2. The van der Waals surface area contributed by atoms with Crippen LogP contribution in [-0.4, -0.2) is 17.2 Å². The Hall–Kier alpha value is -1.78. The van der Waals surface area contributed by atoms with Gasteiger partial charge in [0.2, 0.25) is 0 Å². The summed E-state index contributed by atoms with van der Waals surface area (Å²) in [6.45, 7) is 0. The minimum Gasteiger partial charge on any atom is -0.456 e. The Bertz CT molecular complexity index is 773. The number of aryl methyl sites for hydroxylation is 2. The first-order chi connectivity index (χ1) is 8.72. The van der Waals surface area contributed by atoms with Crippen LogP contribution in [0.15, 0.2) is 34.7 Å². The van der Waals surface area contributed by atoms with Crippen molar-refractivity contribution in [3.8, 4) is 0 Å². The lowest BCUT2D eigenvalue weighted by molar-refractivity contribution is 0.425. The van der Waals surface area contributed by atoms with Crippen LogP contribution in [0.25, 0.3) is 21.9 Å². The zero-order valence-electron chi connectivity index (χ0n) is 9.68. The van der Waals surface area contributed by atoms with Crippen molar-refractivity contribution in [2.75, 3.05) is 0 Å². The molecule has 0 fully saturated rings. The Balaban J connectivity index is 2.05. The molecule has 0 radical (unpaired) electrons. The summed E-state index contributed by atoms with van der Waals surface area (Å²) in [6.07, 6.45) is 2.27. The molecule has 4 rings (SSSR count). The largest absolute Gasteiger partial charge is 0.488 e. The van der Waals surface area contributed by atoms with Crippen molar-refractivity contribution in [2.45, 2.75) is 12.8 Å². The number of benzene rings is 2. The van der Waals surface area contributed by atoms with Gasteiger partial charge < -0.3 is 14.5 Å². The average molecular weight is 238 g/mol. The Morgan fingerprint density at radius 1 is 0.889 bits per heavy atom. The summed E-state index contributed by atoms with van der Waals surface area (Å²) in [5.41, 5.74) is 4.81. The topological polar surface area (TPSA) is 53.6 Å². The van der Waals surface area contributed by atoms with E-state index in [9.17, 15) is 10.0 Å². The minimum absolute atomic E-state index is 0.455. The fourth-order valence-electron chi connectivity index (χ4n) is 2.64. The van der Waals surface area contributed by atoms with Gasteiger partial charge >= 0.3 is 7.12 Å². The molecule has 0 saturated carbocycles. The van der Waals surface area contributed by atoms with Gasteiger partial charge in [-0.1, -0.05) is 12.1 Å². The molecule has 1 aliphatic carbocycles. The van der Waals surface area contributed by atoms with Gasteiger partial charge in [-0.15, -0.1) is 0 Å². The van der Waals surface area contributed by atoms with E-state index in [1.165, 1.54) is 11.1 Å². The van der Waals surface area contributed by atoms with E-state index in [0.29, 0.717) is 11.0 Å². The summed E-state index contributed by atoms with van der Waals surface area (Å²) in [5.74, 6) is 0. The number of furan rings is 1. The Morgan fingerprint density at radius 3 is 2.33 bits per heavy atom. The van der Waals surface area contributed by atoms with Gasteiger partial charge in [-0.2, -0.15) is 0 Å². The zero-order valence-corrected chi connectivity index (χ0v) is 9.68. The number of rotatable bonds is 1. The Labute approximate surface area is 104 Å². The lowest BCUT2D eigenvalue weighted by Gasteiger charge is -2.17. The van der Waals surface area contributed by atoms with Crippen LogP contribution in [0, 0.1) is 0 Å². The van der Waals surface area contributed by atoms with E-state index in [2.05, 4.69) is 12.1 Å². The van der Waals surface area contributed by atoms with Crippen molar-refractivity contribution in [3.63, 3.8) is 0 Å². The summed E-state index contributed by atoms with van der Waals surface area (Å²) < 4.78 is 5.79. The van der Waals surface area contributed by atoms with Crippen molar-refractivity contribution >= 4 is 34.5 Å². The predicted molar refractivity (Wildman–Crippen MR) is 71.0 cm³/mol. The molecule has 2 N–H and O–H groups in total. The standard InChI is InChI=1S/C14H11BO3/c16-15(17)10-3-4-11-12-5-8-1-2-9(8)6-13(12)18-14(11)7-10/h3-7,16-17H,1-2H2. The monoisotopic (exact) mass is 238 g/mol. The maximum atomic E-state index is 9.17. The van der Waals surface area contributed by atoms with Gasteiger partial charge in [0, 0.05) is 10.8 Å². The van der Waals surface area contributed by atoms with Crippen LogP contribution in [0.3, 0.4) is 0 Å². The highest BCUT2D eigenvalue weighted by molar-refractivity contribution is 6.58. The van der Waals surface area contributed by atoms with Crippen molar-refractivity contribution in [2.24, 2.45) is 0 Å². The van der Waals surface area contributed by atoms with Gasteiger partial charge in [-0.25, -0.2) is 0 Å². The van der Waals surface area contributed by atoms with E-state index in [1.807, 2.05) is 6.07 Å². The molecule has 1 aliphatic rings. The maximum Gasteiger partial charge on any atom is 0.488 e. The van der Waals surface area contributed by atoms with Crippen molar-refractivity contribution in [3.05, 3.63) is 41.5 Å². The molecule has 0 unspecified atom stereocenters. The second-order valence-corrected chi connectivity index (χ2v) is 4.85. The Morgan fingerprint density at radius 2 is 1.61 bits per heavy atom. The Kier molecular flexibility index (Phi) is 1.91. The first-order valence-corrected chi connectivity index (χ1v) is 6.06. The first-order valence-electron chi connectivity index (χ1n) is 6.06. The highest BCUT2D eigenvalue weighted by atomic mass is 16.4. The molecule has 3 aromatic rings. The number of fused-ring (bicyclic) bond motifs is 4.